The summed E-state index contributed by atoms with van der Waals surface area (Å²) in [5, 5.41) is 11.2. The molecule has 0 saturated carbocycles. The summed E-state index contributed by atoms with van der Waals surface area (Å²) in [5.41, 5.74) is 2.30. The predicted molar refractivity (Wildman–Crippen MR) is 61.9 cm³/mol. The van der Waals surface area contributed by atoms with Crippen molar-refractivity contribution in [2.45, 2.75) is 13.8 Å². The zero-order valence-electron chi connectivity index (χ0n) is 9.62. The molecule has 0 bridgehead atoms. The van der Waals surface area contributed by atoms with Crippen LogP contribution in [0.25, 0.3) is 0 Å². The van der Waals surface area contributed by atoms with E-state index in [9.17, 15) is 4.79 Å². The second kappa shape index (κ2) is 6.12. The predicted octanol–water partition coefficient (Wildman–Crippen LogP) is 1.36. The van der Waals surface area contributed by atoms with Gasteiger partial charge in [-0.3, -0.25) is 4.79 Å². The van der Waals surface area contributed by atoms with Crippen LogP contribution in [-0.2, 0) is 4.79 Å². The minimum Gasteiger partial charge on any atom is -0.492 e. The van der Waals surface area contributed by atoms with E-state index in [-0.39, 0.29) is 6.54 Å². The van der Waals surface area contributed by atoms with Gasteiger partial charge in [-0.15, -0.1) is 0 Å². The number of hydrogen-bond donors (Lipinski definition) is 2. The number of aryl methyl sites for hydroxylation is 2. The van der Waals surface area contributed by atoms with Gasteiger partial charge in [0.2, 0.25) is 0 Å². The van der Waals surface area contributed by atoms with Crippen molar-refractivity contribution >= 4 is 5.97 Å². The Morgan fingerprint density at radius 2 is 2.19 bits per heavy atom. The fourth-order valence-electron chi connectivity index (χ4n) is 1.39. The highest BCUT2D eigenvalue weighted by Gasteiger charge is 1.99. The highest BCUT2D eigenvalue weighted by Crippen LogP contribution is 2.18. The van der Waals surface area contributed by atoms with Crippen LogP contribution in [0.5, 0.6) is 5.75 Å². The van der Waals surface area contributed by atoms with E-state index in [4.69, 9.17) is 9.84 Å². The van der Waals surface area contributed by atoms with Crippen molar-refractivity contribution in [1.82, 2.24) is 5.32 Å². The van der Waals surface area contributed by atoms with Gasteiger partial charge >= 0.3 is 5.97 Å². The molecule has 0 aliphatic rings. The van der Waals surface area contributed by atoms with Crippen molar-refractivity contribution in [1.29, 1.82) is 0 Å². The Labute approximate surface area is 95.2 Å². The molecule has 0 aromatic heterocycles. The number of carboxylic acid groups (broad SMARTS) is 1. The van der Waals surface area contributed by atoms with Gasteiger partial charge < -0.3 is 15.2 Å². The molecule has 2 N–H and O–H groups in total. The van der Waals surface area contributed by atoms with Gasteiger partial charge in [0.05, 0.1) is 6.54 Å². The van der Waals surface area contributed by atoms with E-state index in [1.807, 2.05) is 26.0 Å². The molecule has 4 nitrogen and oxygen atoms in total. The molecular formula is C12H17NO3. The number of carbonyl (C=O) groups is 1. The number of hydrogen-bond acceptors (Lipinski definition) is 3. The topological polar surface area (TPSA) is 58.6 Å². The van der Waals surface area contributed by atoms with Crippen LogP contribution in [0.1, 0.15) is 11.1 Å². The average molecular weight is 223 g/mol. The van der Waals surface area contributed by atoms with E-state index in [0.29, 0.717) is 13.2 Å². The minimum absolute atomic E-state index is 0.0315. The molecule has 0 radical (unpaired) electrons. The van der Waals surface area contributed by atoms with Crippen molar-refractivity contribution < 1.29 is 14.6 Å². The van der Waals surface area contributed by atoms with Gasteiger partial charge in [0, 0.05) is 6.54 Å². The zero-order valence-corrected chi connectivity index (χ0v) is 9.62. The fraction of sp³-hybridized carbons (Fsp3) is 0.417. The fourth-order valence-corrected chi connectivity index (χ4v) is 1.39. The van der Waals surface area contributed by atoms with Crippen molar-refractivity contribution in [2.24, 2.45) is 0 Å². The summed E-state index contributed by atoms with van der Waals surface area (Å²) in [7, 11) is 0. The molecule has 0 saturated heterocycles. The van der Waals surface area contributed by atoms with Gasteiger partial charge in [-0.1, -0.05) is 17.7 Å². The summed E-state index contributed by atoms with van der Waals surface area (Å²) >= 11 is 0. The second-order valence-electron chi connectivity index (χ2n) is 3.69. The molecule has 16 heavy (non-hydrogen) atoms. The molecule has 0 heterocycles. The Balaban J connectivity index is 2.29. The van der Waals surface area contributed by atoms with Gasteiger partial charge in [0.15, 0.2) is 0 Å². The third kappa shape index (κ3) is 4.31. The molecule has 0 spiro atoms. The highest BCUT2D eigenvalue weighted by molar-refractivity contribution is 5.68. The van der Waals surface area contributed by atoms with Crippen LogP contribution in [0.2, 0.25) is 0 Å². The van der Waals surface area contributed by atoms with Crippen LogP contribution < -0.4 is 10.1 Å². The lowest BCUT2D eigenvalue weighted by Crippen LogP contribution is -2.27. The van der Waals surface area contributed by atoms with Crippen LogP contribution in [0.15, 0.2) is 18.2 Å². The van der Waals surface area contributed by atoms with Gasteiger partial charge in [0.25, 0.3) is 0 Å². The van der Waals surface area contributed by atoms with E-state index in [1.54, 1.807) is 0 Å². The summed E-state index contributed by atoms with van der Waals surface area (Å²) in [4.78, 5) is 10.2. The van der Waals surface area contributed by atoms with Crippen molar-refractivity contribution in [3.05, 3.63) is 29.3 Å². The minimum atomic E-state index is -0.855. The van der Waals surface area contributed by atoms with Crippen LogP contribution in [0.3, 0.4) is 0 Å². The number of aliphatic carboxylic acids is 1. The largest absolute Gasteiger partial charge is 0.492 e. The van der Waals surface area contributed by atoms with Crippen molar-refractivity contribution in [2.75, 3.05) is 19.7 Å². The van der Waals surface area contributed by atoms with E-state index >= 15 is 0 Å². The summed E-state index contributed by atoms with van der Waals surface area (Å²) < 4.78 is 5.52. The van der Waals surface area contributed by atoms with E-state index in [2.05, 4.69) is 11.4 Å². The normalized spacial score (nSPS) is 10.1. The average Bonchev–Trinajstić information content (AvgIpc) is 2.20. The molecule has 1 aromatic carbocycles. The van der Waals surface area contributed by atoms with Gasteiger partial charge in [-0.25, -0.2) is 0 Å². The molecule has 4 heteroatoms. The Morgan fingerprint density at radius 3 is 2.81 bits per heavy atom. The molecule has 0 amide bonds. The number of nitrogens with one attached hydrogen (secondary N) is 1. The Morgan fingerprint density at radius 1 is 1.44 bits per heavy atom. The standard InChI is InChI=1S/C12H17NO3/c1-9-3-4-11(10(2)7-9)16-6-5-13-8-12(14)15/h3-4,7,13H,5-6,8H2,1-2H3,(H,14,15). The van der Waals surface area contributed by atoms with Gasteiger partial charge in [-0.2, -0.15) is 0 Å². The highest BCUT2D eigenvalue weighted by atomic mass is 16.5. The third-order valence-corrected chi connectivity index (χ3v) is 2.14. The monoisotopic (exact) mass is 223 g/mol. The molecule has 0 aliphatic carbocycles. The summed E-state index contributed by atoms with van der Waals surface area (Å²) in [6, 6.07) is 5.98. The molecule has 0 fully saturated rings. The molecule has 0 aliphatic heterocycles. The lowest BCUT2D eigenvalue weighted by molar-refractivity contribution is -0.135. The lowest BCUT2D eigenvalue weighted by atomic mass is 10.1. The third-order valence-electron chi connectivity index (χ3n) is 2.14. The smallest absolute Gasteiger partial charge is 0.317 e. The molecular weight excluding hydrogens is 206 g/mol. The molecule has 0 unspecified atom stereocenters. The Bertz CT molecular complexity index is 363. The van der Waals surface area contributed by atoms with E-state index < -0.39 is 5.97 Å². The first-order valence-electron chi connectivity index (χ1n) is 5.22. The maximum Gasteiger partial charge on any atom is 0.317 e. The van der Waals surface area contributed by atoms with Crippen molar-refractivity contribution in [3.8, 4) is 5.75 Å². The maximum absolute atomic E-state index is 10.2. The molecule has 1 aromatic rings. The van der Waals surface area contributed by atoms with Crippen LogP contribution in [0.4, 0.5) is 0 Å². The first-order chi connectivity index (χ1) is 7.59. The summed E-state index contributed by atoms with van der Waals surface area (Å²) in [6.07, 6.45) is 0. The Hall–Kier alpha value is -1.55. The van der Waals surface area contributed by atoms with Crippen LogP contribution >= 0.6 is 0 Å². The van der Waals surface area contributed by atoms with Crippen LogP contribution in [0, 0.1) is 13.8 Å². The summed E-state index contributed by atoms with van der Waals surface area (Å²) in [6.45, 7) is 4.99. The summed E-state index contributed by atoms with van der Waals surface area (Å²) in [5.74, 6) is -0.00533. The quantitative estimate of drug-likeness (QED) is 0.715. The molecule has 88 valence electrons. The van der Waals surface area contributed by atoms with E-state index in [1.165, 1.54) is 5.56 Å². The van der Waals surface area contributed by atoms with Gasteiger partial charge in [0.1, 0.15) is 12.4 Å². The SMILES string of the molecule is Cc1ccc(OCCNCC(=O)O)c(C)c1. The molecule has 0 atom stereocenters. The lowest BCUT2D eigenvalue weighted by Gasteiger charge is -2.09. The first-order valence-corrected chi connectivity index (χ1v) is 5.22. The first kappa shape index (κ1) is 12.5. The Kier molecular flexibility index (Phi) is 4.79. The number of ether oxygens (including phenoxy) is 1. The van der Waals surface area contributed by atoms with E-state index in [0.717, 1.165) is 11.3 Å². The van der Waals surface area contributed by atoms with Gasteiger partial charge in [-0.05, 0) is 25.5 Å². The molecule has 1 rings (SSSR count). The van der Waals surface area contributed by atoms with Crippen molar-refractivity contribution in [3.63, 3.8) is 0 Å². The number of benzene rings is 1. The maximum atomic E-state index is 10.2. The zero-order chi connectivity index (χ0) is 12.0. The number of carboxylic acids is 1. The van der Waals surface area contributed by atoms with Crippen LogP contribution in [-0.4, -0.2) is 30.8 Å². The number of rotatable bonds is 6. The second-order valence-corrected chi connectivity index (χ2v) is 3.69.